The van der Waals surface area contributed by atoms with Gasteiger partial charge in [-0.1, -0.05) is 30.3 Å². The molecule has 0 bridgehead atoms. The molecule has 0 radical (unpaired) electrons. The number of carbonyl (C=O) groups is 1. The fraction of sp³-hybridized carbons (Fsp3) is 0.278. The summed E-state index contributed by atoms with van der Waals surface area (Å²) in [5.74, 6) is -0.314. The smallest absolute Gasteiger partial charge is 0.315 e. The first-order chi connectivity index (χ1) is 11.6. The number of carbonyl (C=O) groups excluding carboxylic acids is 1. The number of fused-ring (bicyclic) bond motifs is 1. The fourth-order valence-electron chi connectivity index (χ4n) is 2.94. The van der Waals surface area contributed by atoms with Crippen molar-refractivity contribution in [3.63, 3.8) is 0 Å². The summed E-state index contributed by atoms with van der Waals surface area (Å²) in [4.78, 5) is 12.1. The minimum atomic E-state index is -0.647. The maximum absolute atomic E-state index is 13.6. The van der Waals surface area contributed by atoms with E-state index in [-0.39, 0.29) is 12.3 Å². The highest BCUT2D eigenvalue weighted by molar-refractivity contribution is 5.74. The van der Waals surface area contributed by atoms with Crippen molar-refractivity contribution >= 4 is 6.03 Å². The zero-order chi connectivity index (χ0) is 17.1. The lowest BCUT2D eigenvalue weighted by Gasteiger charge is -2.18. The molecule has 1 aliphatic carbocycles. The average Bonchev–Trinajstić information content (AvgIpc) is 2.89. The van der Waals surface area contributed by atoms with Crippen LogP contribution in [0.1, 0.15) is 22.7 Å². The molecule has 2 aromatic rings. The Morgan fingerprint density at radius 1 is 1.33 bits per heavy atom. The first kappa shape index (κ1) is 16.3. The molecule has 6 heteroatoms. The number of nitrogens with one attached hydrogen (secondary N) is 2. The van der Waals surface area contributed by atoms with Crippen molar-refractivity contribution in [2.24, 2.45) is 0 Å². The molecule has 0 saturated carbocycles. The van der Waals surface area contributed by atoms with Crippen molar-refractivity contribution in [1.82, 2.24) is 10.6 Å². The van der Waals surface area contributed by atoms with Gasteiger partial charge in [-0.3, -0.25) is 0 Å². The van der Waals surface area contributed by atoms with Gasteiger partial charge in [0.05, 0.1) is 19.3 Å². The summed E-state index contributed by atoms with van der Waals surface area (Å²) in [5.41, 5.74) is 2.58. The third-order valence-corrected chi connectivity index (χ3v) is 4.16. The quantitative estimate of drug-likeness (QED) is 0.805. The highest BCUT2D eigenvalue weighted by Crippen LogP contribution is 2.31. The maximum atomic E-state index is 13.6. The number of urea groups is 1. The van der Waals surface area contributed by atoms with E-state index < -0.39 is 24.0 Å². The Kier molecular flexibility index (Phi) is 4.66. The molecule has 0 saturated heterocycles. The predicted octanol–water partition coefficient (Wildman–Crippen LogP) is 2.29. The lowest BCUT2D eigenvalue weighted by molar-refractivity contribution is 0.142. The Labute approximate surface area is 139 Å². The number of rotatable bonds is 4. The number of benzene rings is 2. The summed E-state index contributed by atoms with van der Waals surface area (Å²) in [5, 5.41) is 15.6. The van der Waals surface area contributed by atoms with Gasteiger partial charge in [-0.25, -0.2) is 9.18 Å². The molecule has 0 fully saturated rings. The van der Waals surface area contributed by atoms with Gasteiger partial charge in [0.25, 0.3) is 0 Å². The summed E-state index contributed by atoms with van der Waals surface area (Å²) in [6.45, 7) is 0.178. The zero-order valence-electron chi connectivity index (χ0n) is 13.3. The molecule has 5 nitrogen and oxygen atoms in total. The first-order valence-corrected chi connectivity index (χ1v) is 7.71. The van der Waals surface area contributed by atoms with Crippen molar-refractivity contribution in [1.29, 1.82) is 0 Å². The molecule has 3 N–H and O–H groups in total. The van der Waals surface area contributed by atoms with E-state index in [2.05, 4.69) is 10.6 Å². The van der Waals surface area contributed by atoms with Crippen molar-refractivity contribution in [2.75, 3.05) is 7.11 Å². The van der Waals surface area contributed by atoms with Crippen LogP contribution < -0.4 is 15.4 Å². The molecule has 3 rings (SSSR count). The van der Waals surface area contributed by atoms with Crippen molar-refractivity contribution in [2.45, 2.75) is 25.1 Å². The van der Waals surface area contributed by atoms with Crippen molar-refractivity contribution < 1.29 is 19.0 Å². The van der Waals surface area contributed by atoms with Crippen molar-refractivity contribution in [3.8, 4) is 5.75 Å². The highest BCUT2D eigenvalue weighted by Gasteiger charge is 2.31. The van der Waals surface area contributed by atoms with Gasteiger partial charge in [0.2, 0.25) is 0 Å². The number of hydrogen-bond donors (Lipinski definition) is 3. The number of halogens is 1. The van der Waals surface area contributed by atoms with Crippen molar-refractivity contribution in [3.05, 3.63) is 65.0 Å². The molecule has 126 valence electrons. The highest BCUT2D eigenvalue weighted by atomic mass is 19.1. The third kappa shape index (κ3) is 3.33. The minimum absolute atomic E-state index is 0.161. The molecule has 0 spiro atoms. The van der Waals surface area contributed by atoms with Crippen LogP contribution in [0.5, 0.6) is 5.75 Å². The third-order valence-electron chi connectivity index (χ3n) is 4.16. The van der Waals surface area contributed by atoms with E-state index in [1.165, 1.54) is 19.2 Å². The predicted molar refractivity (Wildman–Crippen MR) is 87.2 cm³/mol. The largest absolute Gasteiger partial charge is 0.494 e. The Morgan fingerprint density at radius 3 is 2.88 bits per heavy atom. The van der Waals surface area contributed by atoms with E-state index >= 15 is 0 Å². The molecule has 2 atom stereocenters. The summed E-state index contributed by atoms with van der Waals surface area (Å²) in [6.07, 6.45) is -0.128. The molecule has 0 aromatic heterocycles. The molecule has 2 aromatic carbocycles. The minimum Gasteiger partial charge on any atom is -0.494 e. The summed E-state index contributed by atoms with van der Waals surface area (Å²) >= 11 is 0. The van der Waals surface area contributed by atoms with Crippen LogP contribution in [0.2, 0.25) is 0 Å². The van der Waals surface area contributed by atoms with E-state index in [0.29, 0.717) is 12.0 Å². The molecule has 1 aliphatic rings. The lowest BCUT2D eigenvalue weighted by Crippen LogP contribution is -2.40. The van der Waals surface area contributed by atoms with Gasteiger partial charge in [-0.2, -0.15) is 0 Å². The van der Waals surface area contributed by atoms with Crippen LogP contribution in [0.3, 0.4) is 0 Å². The first-order valence-electron chi connectivity index (χ1n) is 7.71. The van der Waals surface area contributed by atoms with Crippen LogP contribution in [0.4, 0.5) is 9.18 Å². The number of aliphatic hydroxyl groups excluding tert-OH is 1. The zero-order valence-corrected chi connectivity index (χ0v) is 13.3. The van der Waals surface area contributed by atoms with Gasteiger partial charge in [0.1, 0.15) is 0 Å². The van der Waals surface area contributed by atoms with E-state index in [9.17, 15) is 14.3 Å². The maximum Gasteiger partial charge on any atom is 0.315 e. The number of ether oxygens (including phenoxy) is 1. The van der Waals surface area contributed by atoms with E-state index in [4.69, 9.17) is 4.74 Å². The number of hydrogen-bond acceptors (Lipinski definition) is 3. The number of amides is 2. The Hall–Kier alpha value is -2.60. The van der Waals surface area contributed by atoms with Crippen LogP contribution in [-0.2, 0) is 13.0 Å². The monoisotopic (exact) mass is 330 g/mol. The molecule has 0 aliphatic heterocycles. The lowest BCUT2D eigenvalue weighted by atomic mass is 10.1. The topological polar surface area (TPSA) is 70.6 Å². The van der Waals surface area contributed by atoms with Crippen LogP contribution in [0.25, 0.3) is 0 Å². The van der Waals surface area contributed by atoms with Crippen LogP contribution >= 0.6 is 0 Å². The van der Waals surface area contributed by atoms with E-state index in [1.807, 2.05) is 24.3 Å². The second-order valence-corrected chi connectivity index (χ2v) is 5.74. The molecule has 0 unspecified atom stereocenters. The molecular formula is C18H19FN2O3. The second-order valence-electron chi connectivity index (χ2n) is 5.74. The Balaban J connectivity index is 1.59. The summed E-state index contributed by atoms with van der Waals surface area (Å²) in [6, 6.07) is 11.3. The molecule has 24 heavy (non-hydrogen) atoms. The normalized spacial score (nSPS) is 18.8. The van der Waals surface area contributed by atoms with Crippen LogP contribution in [0.15, 0.2) is 42.5 Å². The Bertz CT molecular complexity index is 751. The van der Waals surface area contributed by atoms with Gasteiger partial charge in [-0.05, 0) is 28.8 Å². The van der Waals surface area contributed by atoms with Gasteiger partial charge in [0.15, 0.2) is 11.6 Å². The molecule has 2 amide bonds. The van der Waals surface area contributed by atoms with E-state index in [1.54, 1.807) is 6.07 Å². The van der Waals surface area contributed by atoms with E-state index in [0.717, 1.165) is 11.1 Å². The molecular weight excluding hydrogens is 311 g/mol. The van der Waals surface area contributed by atoms with Gasteiger partial charge in [-0.15, -0.1) is 0 Å². The standard InChI is InChI=1S/C18H19FN2O3/c1-24-16-7-6-11(8-14(16)19)10-20-18(23)21-17-13-5-3-2-4-12(13)9-15(17)22/h2-8,15,17,22H,9-10H2,1H3,(H2,20,21,23)/t15-,17+/m0/s1. The number of methoxy groups -OCH3 is 1. The van der Waals surface area contributed by atoms with Gasteiger partial charge < -0.3 is 20.5 Å². The fourth-order valence-corrected chi connectivity index (χ4v) is 2.94. The Morgan fingerprint density at radius 2 is 2.12 bits per heavy atom. The van der Waals surface area contributed by atoms with Gasteiger partial charge >= 0.3 is 6.03 Å². The van der Waals surface area contributed by atoms with Crippen LogP contribution in [0, 0.1) is 5.82 Å². The number of aliphatic hydroxyl groups is 1. The molecule has 0 heterocycles. The summed E-state index contributed by atoms with van der Waals surface area (Å²) in [7, 11) is 1.40. The second kappa shape index (κ2) is 6.88. The van der Waals surface area contributed by atoms with Crippen LogP contribution in [-0.4, -0.2) is 24.4 Å². The summed E-state index contributed by atoms with van der Waals surface area (Å²) < 4.78 is 18.5. The average molecular weight is 330 g/mol. The van der Waals surface area contributed by atoms with Gasteiger partial charge in [0, 0.05) is 13.0 Å². The SMILES string of the molecule is COc1ccc(CNC(=O)N[C@@H]2c3ccccc3C[C@@H]2O)cc1F.